The number of hydrogen-bond donors (Lipinski definition) is 0. The van der Waals surface area contributed by atoms with Crippen molar-refractivity contribution in [2.24, 2.45) is 17.3 Å². The zero-order chi connectivity index (χ0) is 30.2. The van der Waals surface area contributed by atoms with Crippen molar-refractivity contribution in [3.8, 4) is 0 Å². The summed E-state index contributed by atoms with van der Waals surface area (Å²) in [6, 6.07) is 17.6. The fourth-order valence-corrected chi connectivity index (χ4v) is 8.72. The predicted molar refractivity (Wildman–Crippen MR) is 178 cm³/mol. The van der Waals surface area contributed by atoms with Crippen molar-refractivity contribution < 1.29 is 22.0 Å². The summed E-state index contributed by atoms with van der Waals surface area (Å²) in [5.74, 6) is -0.969. The molecule has 2 aromatic carbocycles. The van der Waals surface area contributed by atoms with Crippen molar-refractivity contribution in [1.82, 2.24) is 14.7 Å². The van der Waals surface area contributed by atoms with Crippen LogP contribution in [0.5, 0.6) is 0 Å². The molecular formula is C34H47Cl2F2N3O3S. The molecule has 2 unspecified atom stereocenters. The van der Waals surface area contributed by atoms with Gasteiger partial charge in [-0.2, -0.15) is 0 Å². The standard InChI is InChI=1S/C34H45F2N3O3S.2ClH/c1-43(41,42)30-9-7-26(8-10-30)22-39-20-17-33(32(39)40)15-18-37(19-16-33)23-29-24-38(21-27-11-13-34(35,36)14-12-27)25-31(29)28-5-3-2-4-6-28;;/h2-10,27,29,31H,11-25H2,1H3;2*1H. The van der Waals surface area contributed by atoms with E-state index in [-0.39, 0.29) is 49.0 Å². The van der Waals surface area contributed by atoms with Crippen molar-refractivity contribution in [3.05, 3.63) is 65.7 Å². The average Bonchev–Trinajstić information content (AvgIpc) is 3.52. The number of likely N-dealkylation sites (tertiary alicyclic amines) is 3. The maximum atomic E-state index is 13.7. The van der Waals surface area contributed by atoms with Crippen LogP contribution in [0.2, 0.25) is 0 Å². The number of benzene rings is 2. The Labute approximate surface area is 279 Å². The minimum Gasteiger partial charge on any atom is -0.338 e. The van der Waals surface area contributed by atoms with Gasteiger partial charge in [-0.25, -0.2) is 17.2 Å². The zero-order valence-corrected chi connectivity index (χ0v) is 28.5. The number of sulfone groups is 1. The Bertz CT molecular complexity index is 1380. The van der Waals surface area contributed by atoms with Crippen LogP contribution in [0.3, 0.4) is 0 Å². The molecule has 6 nitrogen and oxygen atoms in total. The highest BCUT2D eigenvalue weighted by Crippen LogP contribution is 2.43. The molecule has 6 rings (SSSR count). The number of piperidine rings is 1. The number of rotatable bonds is 8. The van der Waals surface area contributed by atoms with Gasteiger partial charge >= 0.3 is 0 Å². The van der Waals surface area contributed by atoms with Crippen LogP contribution in [0, 0.1) is 17.3 Å². The molecule has 250 valence electrons. The van der Waals surface area contributed by atoms with Gasteiger partial charge in [-0.15, -0.1) is 24.8 Å². The second-order valence-corrected chi connectivity index (χ2v) is 15.8. The lowest BCUT2D eigenvalue weighted by atomic mass is 9.76. The number of amides is 1. The molecule has 11 heteroatoms. The Morgan fingerprint density at radius 3 is 2.04 bits per heavy atom. The van der Waals surface area contributed by atoms with E-state index in [4.69, 9.17) is 0 Å². The number of carbonyl (C=O) groups is 1. The molecule has 2 aromatic rings. The summed E-state index contributed by atoms with van der Waals surface area (Å²) in [4.78, 5) is 21.0. The van der Waals surface area contributed by atoms with Gasteiger partial charge in [0.25, 0.3) is 0 Å². The molecule has 1 spiro atoms. The van der Waals surface area contributed by atoms with E-state index >= 15 is 0 Å². The summed E-state index contributed by atoms with van der Waals surface area (Å²) in [7, 11) is -3.24. The summed E-state index contributed by atoms with van der Waals surface area (Å²) >= 11 is 0. The van der Waals surface area contributed by atoms with Gasteiger partial charge < -0.3 is 14.7 Å². The Kier molecular flexibility index (Phi) is 11.7. The highest BCUT2D eigenvalue weighted by molar-refractivity contribution is 7.90. The molecule has 3 heterocycles. The van der Waals surface area contributed by atoms with Crippen LogP contribution in [0.1, 0.15) is 62.0 Å². The fourth-order valence-electron chi connectivity index (χ4n) is 8.09. The molecule has 3 saturated heterocycles. The van der Waals surface area contributed by atoms with Gasteiger partial charge in [0.15, 0.2) is 9.84 Å². The van der Waals surface area contributed by atoms with Crippen molar-refractivity contribution in [2.45, 2.75) is 68.2 Å². The third-order valence-electron chi connectivity index (χ3n) is 10.7. The van der Waals surface area contributed by atoms with Gasteiger partial charge in [0.05, 0.1) is 10.3 Å². The first-order valence-electron chi connectivity index (χ1n) is 16.0. The fraction of sp³-hybridized carbons (Fsp3) is 0.618. The van der Waals surface area contributed by atoms with Gasteiger partial charge in [-0.1, -0.05) is 42.5 Å². The van der Waals surface area contributed by atoms with E-state index in [0.717, 1.165) is 70.6 Å². The van der Waals surface area contributed by atoms with E-state index in [1.54, 1.807) is 12.1 Å². The largest absolute Gasteiger partial charge is 0.338 e. The topological polar surface area (TPSA) is 60.9 Å². The molecule has 0 bridgehead atoms. The van der Waals surface area contributed by atoms with Crippen LogP contribution in [0.4, 0.5) is 8.78 Å². The molecule has 1 aliphatic carbocycles. The average molecular weight is 687 g/mol. The lowest BCUT2D eigenvalue weighted by Gasteiger charge is -2.39. The Morgan fingerprint density at radius 2 is 1.42 bits per heavy atom. The van der Waals surface area contributed by atoms with Crippen LogP contribution in [-0.4, -0.2) is 87.0 Å². The van der Waals surface area contributed by atoms with Gasteiger partial charge in [0, 0.05) is 64.3 Å². The second kappa shape index (κ2) is 14.5. The predicted octanol–water partition coefficient (Wildman–Crippen LogP) is 6.29. The lowest BCUT2D eigenvalue weighted by Crippen LogP contribution is -2.46. The van der Waals surface area contributed by atoms with E-state index in [0.29, 0.717) is 42.0 Å². The summed E-state index contributed by atoms with van der Waals surface area (Å²) in [5, 5.41) is 0. The smallest absolute Gasteiger partial charge is 0.248 e. The van der Waals surface area contributed by atoms with Crippen LogP contribution in [0.25, 0.3) is 0 Å². The minimum atomic E-state index is -3.24. The maximum Gasteiger partial charge on any atom is 0.248 e. The third kappa shape index (κ3) is 8.39. The minimum absolute atomic E-state index is 0. The van der Waals surface area contributed by atoms with Crippen LogP contribution < -0.4 is 0 Å². The Morgan fingerprint density at radius 1 is 0.800 bits per heavy atom. The van der Waals surface area contributed by atoms with Gasteiger partial charge in [0.1, 0.15) is 0 Å². The summed E-state index contributed by atoms with van der Waals surface area (Å²) in [5.41, 5.74) is 2.03. The summed E-state index contributed by atoms with van der Waals surface area (Å²) in [6.45, 7) is 6.99. The highest BCUT2D eigenvalue weighted by Gasteiger charge is 2.48. The highest BCUT2D eigenvalue weighted by atomic mass is 35.5. The lowest BCUT2D eigenvalue weighted by molar-refractivity contribution is -0.139. The monoisotopic (exact) mass is 685 g/mol. The van der Waals surface area contributed by atoms with E-state index in [2.05, 4.69) is 40.1 Å². The molecule has 0 aromatic heterocycles. The first kappa shape index (κ1) is 36.1. The molecule has 1 saturated carbocycles. The van der Waals surface area contributed by atoms with Crippen molar-refractivity contribution >= 4 is 40.6 Å². The van der Waals surface area contributed by atoms with Gasteiger partial charge in [0.2, 0.25) is 11.8 Å². The number of alkyl halides is 2. The summed E-state index contributed by atoms with van der Waals surface area (Å²) < 4.78 is 51.1. The van der Waals surface area contributed by atoms with Crippen molar-refractivity contribution in [3.63, 3.8) is 0 Å². The van der Waals surface area contributed by atoms with Crippen LogP contribution in [-0.2, 0) is 21.2 Å². The first-order chi connectivity index (χ1) is 20.5. The number of hydrogen-bond acceptors (Lipinski definition) is 5. The van der Waals surface area contributed by atoms with Crippen LogP contribution >= 0.6 is 24.8 Å². The summed E-state index contributed by atoms with van der Waals surface area (Å²) in [6.07, 6.45) is 5.12. The van der Waals surface area contributed by atoms with Crippen molar-refractivity contribution in [1.29, 1.82) is 0 Å². The van der Waals surface area contributed by atoms with Crippen molar-refractivity contribution in [2.75, 3.05) is 52.1 Å². The van der Waals surface area contributed by atoms with E-state index in [1.165, 1.54) is 11.8 Å². The van der Waals surface area contributed by atoms with E-state index in [9.17, 15) is 22.0 Å². The number of halogens is 4. The third-order valence-corrected chi connectivity index (χ3v) is 11.9. The molecule has 4 aliphatic rings. The number of carbonyl (C=O) groups excluding carboxylic acids is 1. The van der Waals surface area contributed by atoms with Crippen LogP contribution in [0.15, 0.2) is 59.5 Å². The molecule has 0 N–H and O–H groups in total. The Hall–Kier alpha value is -1.78. The SMILES string of the molecule is CS(=O)(=O)c1ccc(CN2CCC3(CCN(CC4CN(CC5CCC(F)(F)CC5)CC4c4ccccc4)CC3)C2=O)cc1.Cl.Cl. The Balaban J connectivity index is 0.00000230. The molecule has 1 amide bonds. The maximum absolute atomic E-state index is 13.7. The molecule has 3 aliphatic heterocycles. The molecule has 4 fully saturated rings. The molecular weight excluding hydrogens is 639 g/mol. The van der Waals surface area contributed by atoms with Gasteiger partial charge in [-0.3, -0.25) is 4.79 Å². The quantitative estimate of drug-likeness (QED) is 0.327. The zero-order valence-electron chi connectivity index (χ0n) is 26.1. The molecule has 45 heavy (non-hydrogen) atoms. The molecule has 2 atom stereocenters. The van der Waals surface area contributed by atoms with E-state index < -0.39 is 15.8 Å². The van der Waals surface area contributed by atoms with Gasteiger partial charge in [-0.05, 0) is 80.3 Å². The normalized spacial score (nSPS) is 25.7. The van der Waals surface area contributed by atoms with E-state index in [1.807, 2.05) is 17.0 Å². The molecule has 0 radical (unpaired) electrons. The number of nitrogens with zero attached hydrogens (tertiary/aromatic N) is 3. The second-order valence-electron chi connectivity index (χ2n) is 13.8. The first-order valence-corrected chi connectivity index (χ1v) is 17.8.